The molecule has 2 N–H and O–H groups in total. The van der Waals surface area contributed by atoms with E-state index in [9.17, 15) is 4.79 Å². The largest absolute Gasteiger partial charge is 0.370 e. The highest BCUT2D eigenvalue weighted by molar-refractivity contribution is 6.08. The maximum atomic E-state index is 12.2. The van der Waals surface area contributed by atoms with Crippen LogP contribution in [0.2, 0.25) is 0 Å². The molecule has 0 aliphatic carbocycles. The van der Waals surface area contributed by atoms with Gasteiger partial charge in [-0.25, -0.2) is 4.98 Å². The van der Waals surface area contributed by atoms with E-state index >= 15 is 0 Å². The Morgan fingerprint density at radius 2 is 2.33 bits per heavy atom. The van der Waals surface area contributed by atoms with Crippen LogP contribution >= 0.6 is 0 Å². The molecule has 7 nitrogen and oxygen atoms in total. The number of aromatic nitrogens is 4. The van der Waals surface area contributed by atoms with Crippen LogP contribution in [0.25, 0.3) is 22.1 Å². The second-order valence-corrected chi connectivity index (χ2v) is 6.19. The highest BCUT2D eigenvalue weighted by Crippen LogP contribution is 2.33. The number of nitrogens with zero attached hydrogens (tertiary/aromatic N) is 4. The third-order valence-electron chi connectivity index (χ3n) is 4.60. The van der Waals surface area contributed by atoms with Gasteiger partial charge in [0.15, 0.2) is 11.3 Å². The molecule has 1 atom stereocenters. The van der Waals surface area contributed by atoms with E-state index in [0.717, 1.165) is 54.6 Å². The molecule has 1 amide bonds. The van der Waals surface area contributed by atoms with E-state index < -0.39 is 0 Å². The zero-order chi connectivity index (χ0) is 16.5. The number of aromatic amines is 1. The number of carbonyl (C=O) groups is 1. The van der Waals surface area contributed by atoms with E-state index in [0.29, 0.717) is 5.65 Å². The maximum Gasteiger partial charge on any atom is 0.224 e. The SMILES string of the molecule is CCCNC(=O)C1CCN(c2cc[nH]c3nnc4nccc4c23)C1. The molecule has 3 aromatic heterocycles. The zero-order valence-corrected chi connectivity index (χ0v) is 13.6. The lowest BCUT2D eigenvalue weighted by atomic mass is 10.1. The van der Waals surface area contributed by atoms with Crippen LogP contribution in [0.5, 0.6) is 0 Å². The van der Waals surface area contributed by atoms with Gasteiger partial charge < -0.3 is 15.2 Å². The van der Waals surface area contributed by atoms with Crippen molar-refractivity contribution in [3.63, 3.8) is 0 Å². The Hall–Kier alpha value is -2.70. The molecule has 0 saturated carbocycles. The molecule has 24 heavy (non-hydrogen) atoms. The summed E-state index contributed by atoms with van der Waals surface area (Å²) in [5.74, 6) is 0.199. The molecule has 0 bridgehead atoms. The van der Waals surface area contributed by atoms with E-state index in [4.69, 9.17) is 0 Å². The number of nitrogens with one attached hydrogen (secondary N) is 2. The van der Waals surface area contributed by atoms with Crippen molar-refractivity contribution in [3.05, 3.63) is 24.5 Å². The highest BCUT2D eigenvalue weighted by Gasteiger charge is 2.29. The Balaban J connectivity index is 1.67. The van der Waals surface area contributed by atoms with E-state index in [1.165, 1.54) is 0 Å². The molecule has 1 aliphatic heterocycles. The van der Waals surface area contributed by atoms with Gasteiger partial charge in [-0.05, 0) is 25.0 Å². The number of H-pyrrole nitrogens is 1. The number of amides is 1. The summed E-state index contributed by atoms with van der Waals surface area (Å²) in [5.41, 5.74) is 2.48. The fourth-order valence-corrected chi connectivity index (χ4v) is 3.37. The number of pyridine rings is 1. The fraction of sp³-hybridized carbons (Fsp3) is 0.412. The van der Waals surface area contributed by atoms with Crippen LogP contribution in [0.15, 0.2) is 24.5 Å². The third kappa shape index (κ3) is 2.46. The first kappa shape index (κ1) is 14.9. The number of hydrogen-bond donors (Lipinski definition) is 2. The van der Waals surface area contributed by atoms with Crippen molar-refractivity contribution in [3.8, 4) is 0 Å². The zero-order valence-electron chi connectivity index (χ0n) is 13.6. The smallest absolute Gasteiger partial charge is 0.224 e. The predicted octanol–water partition coefficient (Wildman–Crippen LogP) is 1.86. The number of anilines is 1. The van der Waals surface area contributed by atoms with Crippen LogP contribution in [0.1, 0.15) is 19.8 Å². The van der Waals surface area contributed by atoms with Crippen LogP contribution in [0, 0.1) is 5.92 Å². The molecule has 124 valence electrons. The number of hydrogen-bond acceptors (Lipinski definition) is 5. The van der Waals surface area contributed by atoms with Crippen LogP contribution in [-0.2, 0) is 4.79 Å². The molecule has 0 radical (unpaired) electrons. The van der Waals surface area contributed by atoms with Crippen molar-refractivity contribution in [2.24, 2.45) is 5.92 Å². The fourth-order valence-electron chi connectivity index (χ4n) is 3.37. The standard InChI is InChI=1S/C17H20N6O/c1-2-6-20-17(24)11-5-9-23(10-11)13-4-8-19-16-14(13)12-3-7-18-15(12)21-22-16/h3-4,7-8,11H,2,5-6,9-10H2,1H3,(H,19,22)(H,20,24). The first-order valence-corrected chi connectivity index (χ1v) is 8.39. The van der Waals surface area contributed by atoms with Crippen molar-refractivity contribution < 1.29 is 4.79 Å². The van der Waals surface area contributed by atoms with Crippen molar-refractivity contribution in [1.82, 2.24) is 25.5 Å². The Bertz CT molecular complexity index is 889. The minimum atomic E-state index is 0.0406. The van der Waals surface area contributed by atoms with E-state index in [1.54, 1.807) is 6.20 Å². The quantitative estimate of drug-likeness (QED) is 0.765. The molecular weight excluding hydrogens is 304 g/mol. The second kappa shape index (κ2) is 6.07. The molecule has 1 aliphatic rings. The molecule has 1 saturated heterocycles. The average Bonchev–Trinajstić information content (AvgIpc) is 3.28. The van der Waals surface area contributed by atoms with Crippen LogP contribution in [0.3, 0.4) is 0 Å². The normalized spacial score (nSPS) is 17.7. The van der Waals surface area contributed by atoms with Crippen molar-refractivity contribution in [1.29, 1.82) is 0 Å². The summed E-state index contributed by atoms with van der Waals surface area (Å²) in [6.07, 6.45) is 5.46. The van der Waals surface area contributed by atoms with Crippen LogP contribution in [0.4, 0.5) is 5.69 Å². The van der Waals surface area contributed by atoms with Crippen LogP contribution in [-0.4, -0.2) is 45.7 Å². The summed E-state index contributed by atoms with van der Waals surface area (Å²) in [6, 6.07) is 4.01. The first-order chi connectivity index (χ1) is 11.8. The summed E-state index contributed by atoms with van der Waals surface area (Å²) >= 11 is 0. The summed E-state index contributed by atoms with van der Waals surface area (Å²) < 4.78 is 0. The summed E-state index contributed by atoms with van der Waals surface area (Å²) in [4.78, 5) is 21.9. The highest BCUT2D eigenvalue weighted by atomic mass is 16.1. The maximum absolute atomic E-state index is 12.2. The van der Waals surface area contributed by atoms with Crippen molar-refractivity contribution in [2.75, 3.05) is 24.5 Å². The minimum absolute atomic E-state index is 0.0406. The Kier molecular flexibility index (Phi) is 3.76. The van der Waals surface area contributed by atoms with Gasteiger partial charge in [0.1, 0.15) is 0 Å². The summed E-state index contributed by atoms with van der Waals surface area (Å²) in [6.45, 7) is 4.40. The summed E-state index contributed by atoms with van der Waals surface area (Å²) in [5, 5.41) is 13.4. The lowest BCUT2D eigenvalue weighted by molar-refractivity contribution is -0.124. The number of carbonyl (C=O) groups excluding carboxylic acids is 1. The van der Waals surface area contributed by atoms with E-state index in [-0.39, 0.29) is 11.8 Å². The summed E-state index contributed by atoms with van der Waals surface area (Å²) in [7, 11) is 0. The number of rotatable bonds is 4. The Labute approximate surface area is 139 Å². The Morgan fingerprint density at radius 3 is 3.21 bits per heavy atom. The van der Waals surface area contributed by atoms with E-state index in [2.05, 4.69) is 37.3 Å². The van der Waals surface area contributed by atoms with Gasteiger partial charge in [0.2, 0.25) is 5.91 Å². The van der Waals surface area contributed by atoms with Gasteiger partial charge in [-0.2, -0.15) is 0 Å². The average molecular weight is 324 g/mol. The lowest BCUT2D eigenvalue weighted by Gasteiger charge is -2.20. The molecule has 0 spiro atoms. The van der Waals surface area contributed by atoms with Gasteiger partial charge in [-0.15, -0.1) is 10.2 Å². The molecular formula is C17H20N6O. The van der Waals surface area contributed by atoms with Gasteiger partial charge in [0.05, 0.1) is 11.3 Å². The molecule has 3 aromatic rings. The second-order valence-electron chi connectivity index (χ2n) is 6.19. The van der Waals surface area contributed by atoms with Gasteiger partial charge in [-0.3, -0.25) is 4.79 Å². The van der Waals surface area contributed by atoms with Crippen molar-refractivity contribution >= 4 is 33.7 Å². The van der Waals surface area contributed by atoms with Gasteiger partial charge in [-0.1, -0.05) is 6.92 Å². The molecule has 1 fully saturated rings. The van der Waals surface area contributed by atoms with Gasteiger partial charge in [0, 0.05) is 43.1 Å². The topological polar surface area (TPSA) is 86.8 Å². The van der Waals surface area contributed by atoms with Crippen LogP contribution < -0.4 is 10.2 Å². The lowest BCUT2D eigenvalue weighted by Crippen LogP contribution is -2.33. The van der Waals surface area contributed by atoms with Gasteiger partial charge >= 0.3 is 0 Å². The Morgan fingerprint density at radius 1 is 1.42 bits per heavy atom. The first-order valence-electron chi connectivity index (χ1n) is 8.39. The van der Waals surface area contributed by atoms with E-state index in [1.807, 2.05) is 18.3 Å². The molecule has 1 unspecified atom stereocenters. The minimum Gasteiger partial charge on any atom is -0.370 e. The molecule has 7 heteroatoms. The predicted molar refractivity (Wildman–Crippen MR) is 92.8 cm³/mol. The molecule has 0 aromatic carbocycles. The van der Waals surface area contributed by atoms with Crippen molar-refractivity contribution in [2.45, 2.75) is 19.8 Å². The third-order valence-corrected chi connectivity index (χ3v) is 4.60. The van der Waals surface area contributed by atoms with Gasteiger partial charge in [0.25, 0.3) is 0 Å². The molecule has 4 heterocycles. The monoisotopic (exact) mass is 324 g/mol. The molecule has 4 rings (SSSR count). The number of fused-ring (bicyclic) bond motifs is 3.